The van der Waals surface area contributed by atoms with Crippen LogP contribution in [0.15, 0.2) is 61.9 Å². The number of hydrogen-bond acceptors (Lipinski definition) is 5. The average Bonchev–Trinajstić information content (AvgIpc) is 3.12. The molecule has 35 heavy (non-hydrogen) atoms. The maximum atomic E-state index is 13.7. The Labute approximate surface area is 233 Å². The Morgan fingerprint density at radius 3 is 2.57 bits per heavy atom. The van der Waals surface area contributed by atoms with E-state index in [0.717, 1.165) is 10.0 Å². The number of halogens is 3. The van der Waals surface area contributed by atoms with E-state index in [0.29, 0.717) is 47.8 Å². The molecule has 0 unspecified atom stereocenters. The van der Waals surface area contributed by atoms with E-state index in [9.17, 15) is 14.7 Å². The van der Waals surface area contributed by atoms with Gasteiger partial charge in [0.15, 0.2) is 4.80 Å². The topological polar surface area (TPSA) is 74.9 Å². The molecule has 0 aliphatic carbocycles. The first-order valence-electron chi connectivity index (χ1n) is 10.9. The van der Waals surface area contributed by atoms with Crippen LogP contribution in [-0.4, -0.2) is 33.6 Å². The molecule has 6 nitrogen and oxygen atoms in total. The van der Waals surface area contributed by atoms with Crippen molar-refractivity contribution in [3.05, 3.63) is 91.5 Å². The first kappa shape index (κ1) is 26.1. The fourth-order valence-electron chi connectivity index (χ4n) is 4.07. The summed E-state index contributed by atoms with van der Waals surface area (Å²) in [5, 5.41) is 11.1. The molecule has 10 heteroatoms. The second-order valence-electron chi connectivity index (χ2n) is 7.94. The van der Waals surface area contributed by atoms with Crippen LogP contribution in [0, 0.1) is 3.57 Å². The van der Waals surface area contributed by atoms with E-state index in [-0.39, 0.29) is 17.2 Å². The summed E-state index contributed by atoms with van der Waals surface area (Å²) < 4.78 is 3.44. The molecular weight excluding hydrogens is 665 g/mol. The number of carbonyl (C=O) groups excluding carboxylic acids is 1. The highest BCUT2D eigenvalue weighted by atomic mass is 127. The van der Waals surface area contributed by atoms with Gasteiger partial charge in [-0.05, 0) is 79.3 Å². The SMILES string of the molecule is CCN(CC)C(=O)C1=C(C)N=c2s/c(=C/c3cc(Br)cc(I)c3O)c(=O)n2[C@@H]1c1ccc(Cl)cc1. The van der Waals surface area contributed by atoms with Gasteiger partial charge >= 0.3 is 0 Å². The van der Waals surface area contributed by atoms with E-state index in [1.54, 1.807) is 46.7 Å². The molecule has 0 saturated heterocycles. The van der Waals surface area contributed by atoms with Gasteiger partial charge in [0.2, 0.25) is 0 Å². The van der Waals surface area contributed by atoms with E-state index in [4.69, 9.17) is 11.6 Å². The van der Waals surface area contributed by atoms with Crippen LogP contribution in [0.1, 0.15) is 37.9 Å². The van der Waals surface area contributed by atoms with Crippen LogP contribution in [-0.2, 0) is 4.79 Å². The number of allylic oxidation sites excluding steroid dienone is 1. The third-order valence-electron chi connectivity index (χ3n) is 5.83. The van der Waals surface area contributed by atoms with Gasteiger partial charge in [0.05, 0.1) is 25.4 Å². The monoisotopic (exact) mass is 685 g/mol. The van der Waals surface area contributed by atoms with Gasteiger partial charge < -0.3 is 10.0 Å². The van der Waals surface area contributed by atoms with Gasteiger partial charge in [0.25, 0.3) is 11.5 Å². The number of amides is 1. The van der Waals surface area contributed by atoms with E-state index >= 15 is 0 Å². The molecule has 2 aromatic carbocycles. The maximum absolute atomic E-state index is 13.7. The molecule has 0 saturated carbocycles. The van der Waals surface area contributed by atoms with E-state index in [2.05, 4.69) is 20.9 Å². The number of thiazole rings is 1. The van der Waals surface area contributed by atoms with Crippen LogP contribution in [0.25, 0.3) is 6.08 Å². The molecule has 1 aliphatic heterocycles. The van der Waals surface area contributed by atoms with Gasteiger partial charge in [-0.3, -0.25) is 14.2 Å². The number of phenols is 1. The summed E-state index contributed by atoms with van der Waals surface area (Å²) in [6.45, 7) is 6.75. The minimum atomic E-state index is -0.644. The fraction of sp³-hybridized carbons (Fsp3) is 0.240. The highest BCUT2D eigenvalue weighted by molar-refractivity contribution is 14.1. The van der Waals surface area contributed by atoms with Gasteiger partial charge in [0.1, 0.15) is 5.75 Å². The number of fused-ring (bicyclic) bond motifs is 1. The second kappa shape index (κ2) is 10.6. The molecule has 182 valence electrons. The van der Waals surface area contributed by atoms with E-state index in [1.807, 2.05) is 48.6 Å². The van der Waals surface area contributed by atoms with Gasteiger partial charge in [-0.1, -0.05) is 51.0 Å². The Balaban J connectivity index is 1.99. The zero-order valence-corrected chi connectivity index (χ0v) is 24.5. The van der Waals surface area contributed by atoms with Gasteiger partial charge in [-0.15, -0.1) is 0 Å². The number of aromatic hydroxyl groups is 1. The maximum Gasteiger partial charge on any atom is 0.271 e. The number of hydrogen-bond donors (Lipinski definition) is 1. The highest BCUT2D eigenvalue weighted by Crippen LogP contribution is 2.32. The molecule has 0 fully saturated rings. The van der Waals surface area contributed by atoms with Crippen molar-refractivity contribution in [3.63, 3.8) is 0 Å². The molecule has 2 heterocycles. The van der Waals surface area contributed by atoms with Crippen molar-refractivity contribution in [2.45, 2.75) is 26.8 Å². The Morgan fingerprint density at radius 1 is 1.29 bits per heavy atom. The van der Waals surface area contributed by atoms with Gasteiger partial charge in [-0.25, -0.2) is 4.99 Å². The number of benzene rings is 2. The van der Waals surface area contributed by atoms with Crippen LogP contribution in [0.2, 0.25) is 5.02 Å². The Kier molecular flexibility index (Phi) is 7.89. The quantitative estimate of drug-likeness (QED) is 0.391. The summed E-state index contributed by atoms with van der Waals surface area (Å²) in [5.41, 5.74) is 2.06. The Hall–Kier alpha value is -1.95. The van der Waals surface area contributed by atoms with Crippen LogP contribution < -0.4 is 14.9 Å². The third kappa shape index (κ3) is 5.00. The lowest BCUT2D eigenvalue weighted by atomic mass is 9.94. The molecule has 4 rings (SSSR count). The van der Waals surface area contributed by atoms with Crippen LogP contribution >= 0.6 is 61.5 Å². The number of phenolic OH excluding ortho intramolecular Hbond substituents is 1. The number of rotatable bonds is 5. The van der Waals surface area contributed by atoms with Crippen LogP contribution in [0.4, 0.5) is 0 Å². The predicted octanol–water partition coefficient (Wildman–Crippen LogP) is 4.83. The summed E-state index contributed by atoms with van der Waals surface area (Å²) in [7, 11) is 0. The Morgan fingerprint density at radius 2 is 1.94 bits per heavy atom. The highest BCUT2D eigenvalue weighted by Gasteiger charge is 2.34. The molecule has 0 bridgehead atoms. The summed E-state index contributed by atoms with van der Waals surface area (Å²) in [5.74, 6) is -0.0489. The zero-order chi connectivity index (χ0) is 25.4. The first-order valence-corrected chi connectivity index (χ1v) is 14.0. The molecular formula is C25H22BrClIN3O3S. The minimum Gasteiger partial charge on any atom is -0.506 e. The van der Waals surface area contributed by atoms with Crippen molar-refractivity contribution >= 4 is 73.4 Å². The average molecular weight is 687 g/mol. The molecule has 1 atom stereocenters. The molecule has 1 N–H and O–H groups in total. The molecule has 0 radical (unpaired) electrons. The van der Waals surface area contributed by atoms with Crippen LogP contribution in [0.3, 0.4) is 0 Å². The molecule has 0 spiro atoms. The van der Waals surface area contributed by atoms with E-state index < -0.39 is 6.04 Å². The number of likely N-dealkylation sites (N-methyl/N-ethyl adjacent to an activating group) is 1. The number of carbonyl (C=O) groups is 1. The lowest BCUT2D eigenvalue weighted by molar-refractivity contribution is -0.127. The lowest BCUT2D eigenvalue weighted by Gasteiger charge is -2.29. The van der Waals surface area contributed by atoms with Crippen LogP contribution in [0.5, 0.6) is 5.75 Å². The third-order valence-corrected chi connectivity index (χ3v) is 8.35. The number of aromatic nitrogens is 1. The molecule has 1 amide bonds. The molecule has 1 aliphatic rings. The van der Waals surface area contributed by atoms with Crippen molar-refractivity contribution in [2.24, 2.45) is 4.99 Å². The van der Waals surface area contributed by atoms with Crippen molar-refractivity contribution < 1.29 is 9.90 Å². The zero-order valence-electron chi connectivity index (χ0n) is 19.2. The summed E-state index contributed by atoms with van der Waals surface area (Å²) in [6, 6.07) is 10.1. The predicted molar refractivity (Wildman–Crippen MR) is 152 cm³/mol. The van der Waals surface area contributed by atoms with Gasteiger partial charge in [0, 0.05) is 28.1 Å². The van der Waals surface area contributed by atoms with Crippen molar-refractivity contribution in [1.29, 1.82) is 0 Å². The van der Waals surface area contributed by atoms with Crippen molar-refractivity contribution in [2.75, 3.05) is 13.1 Å². The summed E-state index contributed by atoms with van der Waals surface area (Å²) in [4.78, 5) is 34.2. The normalized spacial score (nSPS) is 15.7. The lowest BCUT2D eigenvalue weighted by Crippen LogP contribution is -2.43. The molecule has 1 aromatic heterocycles. The summed E-state index contributed by atoms with van der Waals surface area (Å²) >= 11 is 12.9. The van der Waals surface area contributed by atoms with Crippen molar-refractivity contribution in [1.82, 2.24) is 9.47 Å². The van der Waals surface area contributed by atoms with Gasteiger partial charge in [-0.2, -0.15) is 0 Å². The standard InChI is InChI=1S/C25H22BrClIN3O3S/c1-4-30(5-2)24(34)20-13(3)29-25-31(21(20)14-6-8-17(27)9-7-14)23(33)19(35-25)11-15-10-16(26)12-18(28)22(15)32/h6-12,21,32H,4-5H2,1-3H3/b19-11+/t21-/m1/s1. The van der Waals surface area contributed by atoms with E-state index in [1.165, 1.54) is 11.3 Å². The largest absolute Gasteiger partial charge is 0.506 e. The molecule has 3 aromatic rings. The number of nitrogens with zero attached hydrogens (tertiary/aromatic N) is 3. The summed E-state index contributed by atoms with van der Waals surface area (Å²) in [6.07, 6.45) is 1.66. The first-order chi connectivity index (χ1) is 16.7. The smallest absolute Gasteiger partial charge is 0.271 e. The Bertz CT molecular complexity index is 1520. The fourth-order valence-corrected chi connectivity index (χ4v) is 6.79. The second-order valence-corrected chi connectivity index (χ2v) is 11.5. The van der Waals surface area contributed by atoms with Crippen molar-refractivity contribution in [3.8, 4) is 5.75 Å². The minimum absolute atomic E-state index is 0.0995.